The highest BCUT2D eigenvalue weighted by Crippen LogP contribution is 2.37. The SMILES string of the molecule is CN1C(=O)NC(c2ccccc2Cl)C2=C1CN(CC(=O)NCCN1CCOCC1)C2=O. The van der Waals surface area contributed by atoms with E-state index >= 15 is 0 Å². The number of rotatable bonds is 6. The fourth-order valence-corrected chi connectivity index (χ4v) is 4.35. The summed E-state index contributed by atoms with van der Waals surface area (Å²) in [6.07, 6.45) is 0. The first-order valence-corrected chi connectivity index (χ1v) is 10.7. The summed E-state index contributed by atoms with van der Waals surface area (Å²) < 4.78 is 5.32. The van der Waals surface area contributed by atoms with Crippen molar-refractivity contribution in [3.63, 3.8) is 0 Å². The second-order valence-corrected chi connectivity index (χ2v) is 8.20. The Hall–Kier alpha value is -2.62. The zero-order valence-electron chi connectivity index (χ0n) is 17.4. The van der Waals surface area contributed by atoms with Crippen LogP contribution in [-0.2, 0) is 14.3 Å². The molecule has 4 rings (SSSR count). The number of hydrogen-bond donors (Lipinski definition) is 2. The van der Waals surface area contributed by atoms with Crippen molar-refractivity contribution in [1.29, 1.82) is 0 Å². The molecule has 2 N–H and O–H groups in total. The second-order valence-electron chi connectivity index (χ2n) is 7.79. The topological polar surface area (TPSA) is 94.2 Å². The number of carbonyl (C=O) groups excluding carboxylic acids is 3. The molecule has 0 radical (unpaired) electrons. The Labute approximate surface area is 185 Å². The molecule has 3 aliphatic rings. The van der Waals surface area contributed by atoms with Crippen molar-refractivity contribution < 1.29 is 19.1 Å². The Bertz CT molecular complexity index is 915. The highest BCUT2D eigenvalue weighted by atomic mass is 35.5. The Morgan fingerprint density at radius 2 is 2.00 bits per heavy atom. The van der Waals surface area contributed by atoms with E-state index < -0.39 is 6.04 Å². The molecule has 0 aliphatic carbocycles. The molecule has 1 atom stereocenters. The number of nitrogens with one attached hydrogen (secondary N) is 2. The number of nitrogens with zero attached hydrogens (tertiary/aromatic N) is 3. The van der Waals surface area contributed by atoms with E-state index in [9.17, 15) is 14.4 Å². The Balaban J connectivity index is 1.41. The number of hydrogen-bond acceptors (Lipinski definition) is 5. The molecule has 9 nitrogen and oxygen atoms in total. The quantitative estimate of drug-likeness (QED) is 0.665. The van der Waals surface area contributed by atoms with Gasteiger partial charge in [0.25, 0.3) is 5.91 Å². The van der Waals surface area contributed by atoms with Gasteiger partial charge in [-0.05, 0) is 11.6 Å². The molecule has 0 spiro atoms. The maximum absolute atomic E-state index is 13.2. The van der Waals surface area contributed by atoms with Crippen LogP contribution in [0.1, 0.15) is 11.6 Å². The molecule has 1 fully saturated rings. The van der Waals surface area contributed by atoms with Gasteiger partial charge < -0.3 is 20.3 Å². The maximum atomic E-state index is 13.2. The van der Waals surface area contributed by atoms with Crippen LogP contribution in [0.25, 0.3) is 0 Å². The van der Waals surface area contributed by atoms with Crippen LogP contribution in [0.4, 0.5) is 4.79 Å². The zero-order valence-corrected chi connectivity index (χ0v) is 18.2. The summed E-state index contributed by atoms with van der Waals surface area (Å²) in [5, 5.41) is 6.20. The number of benzene rings is 1. The van der Waals surface area contributed by atoms with E-state index in [1.807, 2.05) is 6.07 Å². The van der Waals surface area contributed by atoms with Gasteiger partial charge in [-0.1, -0.05) is 29.8 Å². The highest BCUT2D eigenvalue weighted by molar-refractivity contribution is 6.31. The van der Waals surface area contributed by atoms with Crippen molar-refractivity contribution in [2.45, 2.75) is 6.04 Å². The molecule has 0 saturated carbocycles. The molecule has 1 unspecified atom stereocenters. The average molecular weight is 448 g/mol. The molecular formula is C21H26ClN5O4. The molecule has 10 heteroatoms. The van der Waals surface area contributed by atoms with Gasteiger partial charge in [-0.25, -0.2) is 4.79 Å². The molecule has 3 heterocycles. The fraction of sp³-hybridized carbons (Fsp3) is 0.476. The van der Waals surface area contributed by atoms with E-state index in [-0.39, 0.29) is 30.9 Å². The largest absolute Gasteiger partial charge is 0.379 e. The van der Waals surface area contributed by atoms with E-state index in [0.29, 0.717) is 41.6 Å². The van der Waals surface area contributed by atoms with Gasteiger partial charge in [0.05, 0.1) is 37.1 Å². The Morgan fingerprint density at radius 1 is 1.26 bits per heavy atom. The summed E-state index contributed by atoms with van der Waals surface area (Å²) in [4.78, 5) is 43.2. The first-order chi connectivity index (χ1) is 15.0. The predicted molar refractivity (Wildman–Crippen MR) is 114 cm³/mol. The second kappa shape index (κ2) is 9.25. The van der Waals surface area contributed by atoms with Gasteiger partial charge in [-0.2, -0.15) is 0 Å². The number of morpholine rings is 1. The summed E-state index contributed by atoms with van der Waals surface area (Å²) in [5.41, 5.74) is 1.71. The minimum absolute atomic E-state index is 0.0633. The van der Waals surface area contributed by atoms with Crippen molar-refractivity contribution in [2.24, 2.45) is 0 Å². The molecule has 1 aromatic carbocycles. The van der Waals surface area contributed by atoms with Crippen LogP contribution in [0.3, 0.4) is 0 Å². The predicted octanol–water partition coefficient (Wildman–Crippen LogP) is 0.581. The number of likely N-dealkylation sites (N-methyl/N-ethyl adjacent to an activating group) is 1. The fourth-order valence-electron chi connectivity index (χ4n) is 4.10. The number of halogens is 1. The lowest BCUT2D eigenvalue weighted by Gasteiger charge is -2.31. The average Bonchev–Trinajstić information content (AvgIpc) is 3.08. The van der Waals surface area contributed by atoms with Crippen LogP contribution in [0.15, 0.2) is 35.5 Å². The minimum atomic E-state index is -0.644. The molecular weight excluding hydrogens is 422 g/mol. The molecule has 4 amide bonds. The van der Waals surface area contributed by atoms with Crippen molar-refractivity contribution in [3.05, 3.63) is 46.1 Å². The molecule has 1 saturated heterocycles. The molecule has 0 aromatic heterocycles. The molecule has 1 aromatic rings. The Morgan fingerprint density at radius 3 is 2.74 bits per heavy atom. The molecule has 3 aliphatic heterocycles. The van der Waals surface area contributed by atoms with Gasteiger partial charge in [-0.15, -0.1) is 0 Å². The highest BCUT2D eigenvalue weighted by Gasteiger charge is 2.43. The van der Waals surface area contributed by atoms with Gasteiger partial charge in [-0.3, -0.25) is 19.4 Å². The third kappa shape index (κ3) is 4.53. The van der Waals surface area contributed by atoms with E-state index in [2.05, 4.69) is 15.5 Å². The lowest BCUT2D eigenvalue weighted by Crippen LogP contribution is -2.45. The maximum Gasteiger partial charge on any atom is 0.322 e. The van der Waals surface area contributed by atoms with Crippen LogP contribution in [0, 0.1) is 0 Å². The summed E-state index contributed by atoms with van der Waals surface area (Å²) in [6, 6.07) is 6.16. The molecule has 31 heavy (non-hydrogen) atoms. The standard InChI is InChI=1S/C21H26ClN5O4/c1-25-16-12-27(13-17(28)23-6-7-26-8-10-31-11-9-26)20(29)18(16)19(24-21(25)30)14-4-2-3-5-15(14)22/h2-5,19H,6-13H2,1H3,(H,23,28)(H,24,30). The van der Waals surface area contributed by atoms with Crippen LogP contribution >= 0.6 is 11.6 Å². The molecule has 0 bridgehead atoms. The first-order valence-electron chi connectivity index (χ1n) is 10.3. The smallest absolute Gasteiger partial charge is 0.322 e. The number of carbonyl (C=O) groups is 3. The lowest BCUT2D eigenvalue weighted by atomic mass is 9.96. The lowest BCUT2D eigenvalue weighted by molar-refractivity contribution is -0.131. The van der Waals surface area contributed by atoms with Crippen molar-refractivity contribution in [2.75, 3.05) is 59.5 Å². The summed E-state index contributed by atoms with van der Waals surface area (Å²) >= 11 is 6.33. The van der Waals surface area contributed by atoms with Gasteiger partial charge in [0.15, 0.2) is 0 Å². The molecule has 166 valence electrons. The van der Waals surface area contributed by atoms with Crippen LogP contribution in [-0.4, -0.2) is 92.1 Å². The van der Waals surface area contributed by atoms with Gasteiger partial charge >= 0.3 is 6.03 Å². The van der Waals surface area contributed by atoms with Gasteiger partial charge in [0.1, 0.15) is 6.54 Å². The number of amides is 4. The normalized spacial score (nSPS) is 21.9. The van der Waals surface area contributed by atoms with Crippen LogP contribution in [0.2, 0.25) is 5.02 Å². The van der Waals surface area contributed by atoms with Gasteiger partial charge in [0, 0.05) is 38.2 Å². The van der Waals surface area contributed by atoms with E-state index in [0.717, 1.165) is 19.6 Å². The van der Waals surface area contributed by atoms with Crippen molar-refractivity contribution in [3.8, 4) is 0 Å². The summed E-state index contributed by atoms with van der Waals surface area (Å²) in [6.45, 7) is 4.52. The minimum Gasteiger partial charge on any atom is -0.379 e. The Kier molecular flexibility index (Phi) is 6.45. The van der Waals surface area contributed by atoms with Crippen molar-refractivity contribution >= 4 is 29.4 Å². The number of ether oxygens (including phenoxy) is 1. The zero-order chi connectivity index (χ0) is 22.0. The van der Waals surface area contributed by atoms with Crippen LogP contribution < -0.4 is 10.6 Å². The van der Waals surface area contributed by atoms with E-state index in [1.54, 1.807) is 25.2 Å². The van der Waals surface area contributed by atoms with E-state index in [1.165, 1.54) is 9.80 Å². The first kappa shape index (κ1) is 21.6. The monoisotopic (exact) mass is 447 g/mol. The summed E-state index contributed by atoms with van der Waals surface area (Å²) in [7, 11) is 1.62. The summed E-state index contributed by atoms with van der Waals surface area (Å²) in [5.74, 6) is -0.493. The van der Waals surface area contributed by atoms with Crippen LogP contribution in [0.5, 0.6) is 0 Å². The van der Waals surface area contributed by atoms with Gasteiger partial charge in [0.2, 0.25) is 5.91 Å². The number of urea groups is 1. The third-order valence-corrected chi connectivity index (χ3v) is 6.18. The third-order valence-electron chi connectivity index (χ3n) is 5.84. The van der Waals surface area contributed by atoms with E-state index in [4.69, 9.17) is 16.3 Å². The van der Waals surface area contributed by atoms with Crippen molar-refractivity contribution in [1.82, 2.24) is 25.3 Å².